The molecule has 0 saturated carbocycles. The summed E-state index contributed by atoms with van der Waals surface area (Å²) < 4.78 is 4.54. The maximum absolute atomic E-state index is 12.3. The first-order valence-electron chi connectivity index (χ1n) is 10.7. The van der Waals surface area contributed by atoms with Gasteiger partial charge >= 0.3 is 0 Å². The van der Waals surface area contributed by atoms with Crippen LogP contribution < -0.4 is 5.73 Å². The lowest BCUT2D eigenvalue weighted by atomic mass is 9.88. The molecule has 0 spiro atoms. The molecule has 5 nitrogen and oxygen atoms in total. The summed E-state index contributed by atoms with van der Waals surface area (Å²) in [5, 5.41) is 1.12. The van der Waals surface area contributed by atoms with Gasteiger partial charge in [-0.3, -0.25) is 13.4 Å². The summed E-state index contributed by atoms with van der Waals surface area (Å²) in [6.45, 7) is 4.40. The van der Waals surface area contributed by atoms with Crippen molar-refractivity contribution in [2.24, 2.45) is 5.73 Å². The standard InChI is InChI=1S/C24H30N4OS2/c1-4-30-28-11-9-17(10-12-28)22-15-26-23-20(22)13-18(14-21(23)24(25)29)16-5-7-19(8-6-16)31-27(2)3/h5-8,13-15,17,26H,4,9-12H2,1-3H3,(H2,25,29). The number of carbonyl (C=O) groups excluding carboxylic acids is 1. The number of hydrogen-bond donors (Lipinski definition) is 2. The predicted octanol–water partition coefficient (Wildman–Crippen LogP) is 5.35. The van der Waals surface area contributed by atoms with Gasteiger partial charge in [-0.15, -0.1) is 0 Å². The third kappa shape index (κ3) is 4.95. The molecule has 3 aromatic rings. The number of hydrogen-bond acceptors (Lipinski definition) is 5. The highest BCUT2D eigenvalue weighted by Crippen LogP contribution is 2.38. The second kappa shape index (κ2) is 9.69. The van der Waals surface area contributed by atoms with E-state index >= 15 is 0 Å². The van der Waals surface area contributed by atoms with Crippen molar-refractivity contribution in [3.8, 4) is 11.1 Å². The molecule has 4 rings (SSSR count). The van der Waals surface area contributed by atoms with E-state index in [1.165, 1.54) is 10.5 Å². The van der Waals surface area contributed by atoms with Crippen molar-refractivity contribution in [1.29, 1.82) is 0 Å². The van der Waals surface area contributed by atoms with Gasteiger partial charge in [-0.05, 0) is 85.8 Å². The normalized spacial score (nSPS) is 15.7. The molecule has 3 N–H and O–H groups in total. The lowest BCUT2D eigenvalue weighted by Crippen LogP contribution is -2.27. The van der Waals surface area contributed by atoms with Gasteiger partial charge in [0.05, 0.1) is 11.1 Å². The maximum Gasteiger partial charge on any atom is 0.250 e. The summed E-state index contributed by atoms with van der Waals surface area (Å²) in [5.41, 5.74) is 10.6. The van der Waals surface area contributed by atoms with Crippen LogP contribution in [0.3, 0.4) is 0 Å². The number of primary amides is 1. The minimum atomic E-state index is -0.394. The van der Waals surface area contributed by atoms with Crippen LogP contribution in [0.15, 0.2) is 47.5 Å². The van der Waals surface area contributed by atoms with Crippen LogP contribution in [0.4, 0.5) is 0 Å². The van der Waals surface area contributed by atoms with Crippen LogP contribution in [0.2, 0.25) is 0 Å². The third-order valence-electron chi connectivity index (χ3n) is 5.77. The zero-order chi connectivity index (χ0) is 22.0. The van der Waals surface area contributed by atoms with Crippen molar-refractivity contribution < 1.29 is 4.79 Å². The van der Waals surface area contributed by atoms with Crippen molar-refractivity contribution in [3.63, 3.8) is 0 Å². The highest BCUT2D eigenvalue weighted by molar-refractivity contribution is 7.97. The molecule has 0 atom stereocenters. The Labute approximate surface area is 193 Å². The number of H-pyrrole nitrogens is 1. The smallest absolute Gasteiger partial charge is 0.250 e. The molecule has 7 heteroatoms. The van der Waals surface area contributed by atoms with E-state index in [9.17, 15) is 4.79 Å². The Morgan fingerprint density at radius 2 is 1.87 bits per heavy atom. The van der Waals surface area contributed by atoms with Crippen molar-refractivity contribution in [2.75, 3.05) is 32.9 Å². The number of aromatic amines is 1. The van der Waals surface area contributed by atoms with E-state index in [-0.39, 0.29) is 0 Å². The molecule has 0 unspecified atom stereocenters. The monoisotopic (exact) mass is 454 g/mol. The summed E-state index contributed by atoms with van der Waals surface area (Å²) in [4.78, 5) is 16.8. The lowest BCUT2D eigenvalue weighted by molar-refractivity contribution is 0.100. The molecule has 164 valence electrons. The Morgan fingerprint density at radius 3 is 2.48 bits per heavy atom. The number of rotatable bonds is 7. The number of piperidine rings is 1. The van der Waals surface area contributed by atoms with E-state index in [2.05, 4.69) is 57.0 Å². The van der Waals surface area contributed by atoms with Gasteiger partial charge in [0.25, 0.3) is 5.91 Å². The van der Waals surface area contributed by atoms with Gasteiger partial charge in [-0.25, -0.2) is 0 Å². The van der Waals surface area contributed by atoms with Crippen molar-refractivity contribution >= 4 is 40.7 Å². The van der Waals surface area contributed by atoms with Gasteiger partial charge in [0.2, 0.25) is 0 Å². The van der Waals surface area contributed by atoms with Gasteiger partial charge in [0.1, 0.15) is 0 Å². The van der Waals surface area contributed by atoms with E-state index in [1.54, 1.807) is 11.9 Å². The summed E-state index contributed by atoms with van der Waals surface area (Å²) in [5.74, 6) is 1.22. The second-order valence-corrected chi connectivity index (χ2v) is 10.8. The van der Waals surface area contributed by atoms with Gasteiger partial charge in [0, 0.05) is 35.3 Å². The first-order valence-corrected chi connectivity index (χ1v) is 12.5. The molecule has 0 bridgehead atoms. The fourth-order valence-electron chi connectivity index (χ4n) is 4.35. The third-order valence-corrected chi connectivity index (χ3v) is 7.60. The number of benzene rings is 2. The SMILES string of the molecule is CCSN1CCC(c2c[nH]c3c(C(N)=O)cc(-c4ccc(SN(C)C)cc4)cc23)CC1. The van der Waals surface area contributed by atoms with Crippen molar-refractivity contribution in [2.45, 2.75) is 30.6 Å². The van der Waals surface area contributed by atoms with Gasteiger partial charge in [0.15, 0.2) is 0 Å². The molecule has 1 saturated heterocycles. The molecule has 2 heterocycles. The summed E-state index contributed by atoms with van der Waals surface area (Å²) in [6.07, 6.45) is 4.35. The average Bonchev–Trinajstić information content (AvgIpc) is 3.18. The molecule has 31 heavy (non-hydrogen) atoms. The van der Waals surface area contributed by atoms with Crippen LogP contribution in [-0.2, 0) is 0 Å². The number of fused-ring (bicyclic) bond motifs is 1. The Kier molecular flexibility index (Phi) is 6.96. The number of carbonyl (C=O) groups is 1. The first-order chi connectivity index (χ1) is 15.0. The number of amides is 1. The van der Waals surface area contributed by atoms with E-state index < -0.39 is 5.91 Å². The summed E-state index contributed by atoms with van der Waals surface area (Å²) >= 11 is 3.61. The quantitative estimate of drug-likeness (QED) is 0.471. The molecule has 0 aliphatic carbocycles. The number of nitrogens with zero attached hydrogens (tertiary/aromatic N) is 2. The molecule has 1 amide bonds. The molecule has 1 aliphatic rings. The zero-order valence-corrected chi connectivity index (χ0v) is 20.0. The highest BCUT2D eigenvalue weighted by Gasteiger charge is 2.24. The molecular formula is C24H30N4OS2. The van der Waals surface area contributed by atoms with Crippen LogP contribution in [0.5, 0.6) is 0 Å². The van der Waals surface area contributed by atoms with E-state index in [1.807, 2.05) is 32.1 Å². The minimum Gasteiger partial charge on any atom is -0.366 e. The van der Waals surface area contributed by atoms with Gasteiger partial charge < -0.3 is 10.7 Å². The molecule has 1 aliphatic heterocycles. The highest BCUT2D eigenvalue weighted by atomic mass is 32.2. The lowest BCUT2D eigenvalue weighted by Gasteiger charge is -2.30. The summed E-state index contributed by atoms with van der Waals surface area (Å²) in [7, 11) is 4.06. The Morgan fingerprint density at radius 1 is 1.16 bits per heavy atom. The predicted molar refractivity (Wildman–Crippen MR) is 133 cm³/mol. The Bertz CT molecular complexity index is 1050. The number of aromatic nitrogens is 1. The van der Waals surface area contributed by atoms with Crippen LogP contribution in [0.25, 0.3) is 22.0 Å². The van der Waals surface area contributed by atoms with E-state index in [0.717, 1.165) is 53.7 Å². The average molecular weight is 455 g/mol. The minimum absolute atomic E-state index is 0.394. The molecule has 1 fully saturated rings. The Hall–Kier alpha value is -1.93. The van der Waals surface area contributed by atoms with Crippen LogP contribution >= 0.6 is 23.9 Å². The Balaban J connectivity index is 1.69. The zero-order valence-electron chi connectivity index (χ0n) is 18.4. The summed E-state index contributed by atoms with van der Waals surface area (Å²) in [6, 6.07) is 12.6. The van der Waals surface area contributed by atoms with Gasteiger partial charge in [-0.1, -0.05) is 31.0 Å². The van der Waals surface area contributed by atoms with E-state index in [4.69, 9.17) is 5.73 Å². The first kappa shape index (κ1) is 22.3. The van der Waals surface area contributed by atoms with Gasteiger partial charge in [-0.2, -0.15) is 0 Å². The van der Waals surface area contributed by atoms with E-state index in [0.29, 0.717) is 11.5 Å². The topological polar surface area (TPSA) is 65.4 Å². The largest absolute Gasteiger partial charge is 0.366 e. The molecule has 0 radical (unpaired) electrons. The van der Waals surface area contributed by atoms with Crippen LogP contribution in [-0.4, -0.2) is 52.4 Å². The molecular weight excluding hydrogens is 424 g/mol. The van der Waals surface area contributed by atoms with Crippen molar-refractivity contribution in [3.05, 3.63) is 53.7 Å². The maximum atomic E-state index is 12.3. The fourth-order valence-corrected chi connectivity index (χ4v) is 5.86. The molecule has 1 aromatic heterocycles. The molecule has 2 aromatic carbocycles. The van der Waals surface area contributed by atoms with Crippen LogP contribution in [0, 0.1) is 0 Å². The van der Waals surface area contributed by atoms with Crippen LogP contribution in [0.1, 0.15) is 41.6 Å². The number of nitrogens with one attached hydrogen (secondary N) is 1. The number of nitrogens with two attached hydrogens (primary N) is 1. The second-order valence-electron chi connectivity index (χ2n) is 8.10. The van der Waals surface area contributed by atoms with Crippen molar-refractivity contribution in [1.82, 2.24) is 13.6 Å². The fraction of sp³-hybridized carbons (Fsp3) is 0.375.